The number of methoxy groups -OCH3 is 1. The lowest BCUT2D eigenvalue weighted by molar-refractivity contribution is -0.0108. The Kier molecular flexibility index (Phi) is 7.59. The lowest BCUT2D eigenvalue weighted by Crippen LogP contribution is -2.40. The molecule has 0 bridgehead atoms. The van der Waals surface area contributed by atoms with Crippen LogP contribution < -0.4 is 15.8 Å². The van der Waals surface area contributed by atoms with Crippen molar-refractivity contribution in [1.29, 1.82) is 0 Å². The Bertz CT molecular complexity index is 1190. The first kappa shape index (κ1) is 24.4. The molecule has 11 nitrogen and oxygen atoms in total. The fourth-order valence-electron chi connectivity index (χ4n) is 4.94. The van der Waals surface area contributed by atoms with Gasteiger partial charge >= 0.3 is 0 Å². The average Bonchev–Trinajstić information content (AvgIpc) is 3.32. The molecule has 11 heteroatoms. The lowest BCUT2D eigenvalue weighted by Gasteiger charge is -2.31. The molecule has 0 spiro atoms. The van der Waals surface area contributed by atoms with Gasteiger partial charge < -0.3 is 25.3 Å². The SMILES string of the molecule is COc1cc(-c2cc(C(=O)NC3CCC(OCCN4CCOCC4)CC3)c3c(N)ncnn23)ccn1. The summed E-state index contributed by atoms with van der Waals surface area (Å²) in [6.45, 7) is 5.23. The molecule has 5 rings (SSSR count). The van der Waals surface area contributed by atoms with E-state index in [0.29, 0.717) is 22.7 Å². The standard InChI is InChI=1S/C25H33N7O4/c1-34-22-14-17(6-7-27-22)21-15-20(23-24(26)28-16-29-32(21)23)25(33)30-18-2-4-19(5-3-18)36-13-10-31-8-11-35-12-9-31/h6-7,14-16,18-19H,2-5,8-13H2,1H3,(H,30,33)(H2,26,28,29). The highest BCUT2D eigenvalue weighted by Crippen LogP contribution is 2.29. The molecule has 4 heterocycles. The maximum Gasteiger partial charge on any atom is 0.253 e. The number of carbonyl (C=O) groups excluding carboxylic acids is 1. The largest absolute Gasteiger partial charge is 0.481 e. The zero-order chi connectivity index (χ0) is 24.9. The van der Waals surface area contributed by atoms with Crippen LogP contribution in [0.25, 0.3) is 16.8 Å². The van der Waals surface area contributed by atoms with Crippen LogP contribution in [0.3, 0.4) is 0 Å². The Labute approximate surface area is 209 Å². The summed E-state index contributed by atoms with van der Waals surface area (Å²) >= 11 is 0. The molecular formula is C25H33N7O4. The number of nitrogens with two attached hydrogens (primary N) is 1. The van der Waals surface area contributed by atoms with Crippen molar-refractivity contribution in [3.8, 4) is 17.1 Å². The summed E-state index contributed by atoms with van der Waals surface area (Å²) < 4.78 is 18.4. The number of nitrogens with one attached hydrogen (secondary N) is 1. The van der Waals surface area contributed by atoms with E-state index in [4.69, 9.17) is 19.9 Å². The Morgan fingerprint density at radius 3 is 2.78 bits per heavy atom. The van der Waals surface area contributed by atoms with E-state index < -0.39 is 0 Å². The molecule has 2 fully saturated rings. The number of nitrogens with zero attached hydrogens (tertiary/aromatic N) is 5. The first-order chi connectivity index (χ1) is 17.6. The number of carbonyl (C=O) groups is 1. The van der Waals surface area contributed by atoms with E-state index in [-0.39, 0.29) is 23.9 Å². The molecule has 1 aliphatic heterocycles. The number of fused-ring (bicyclic) bond motifs is 1. The van der Waals surface area contributed by atoms with Gasteiger partial charge in [-0.15, -0.1) is 0 Å². The fourth-order valence-corrected chi connectivity index (χ4v) is 4.94. The van der Waals surface area contributed by atoms with Crippen LogP contribution in [0, 0.1) is 0 Å². The molecule has 3 aromatic heterocycles. The number of rotatable bonds is 8. The van der Waals surface area contributed by atoms with E-state index in [9.17, 15) is 4.79 Å². The molecule has 1 saturated heterocycles. The van der Waals surface area contributed by atoms with Crippen molar-refractivity contribution in [2.45, 2.75) is 37.8 Å². The molecule has 2 aliphatic rings. The van der Waals surface area contributed by atoms with Crippen LogP contribution in [0.4, 0.5) is 5.82 Å². The molecular weight excluding hydrogens is 462 g/mol. The maximum absolute atomic E-state index is 13.4. The molecule has 0 radical (unpaired) electrons. The fraction of sp³-hybridized carbons (Fsp3) is 0.520. The van der Waals surface area contributed by atoms with E-state index in [1.165, 1.54) is 6.33 Å². The van der Waals surface area contributed by atoms with Gasteiger partial charge in [-0.2, -0.15) is 5.10 Å². The summed E-state index contributed by atoms with van der Waals surface area (Å²) in [5.74, 6) is 0.539. The number of hydrogen-bond acceptors (Lipinski definition) is 9. The van der Waals surface area contributed by atoms with E-state index in [0.717, 1.165) is 70.7 Å². The molecule has 3 N–H and O–H groups in total. The summed E-state index contributed by atoms with van der Waals surface area (Å²) in [6, 6.07) is 5.51. The van der Waals surface area contributed by atoms with Gasteiger partial charge in [0.25, 0.3) is 5.91 Å². The Morgan fingerprint density at radius 2 is 2.00 bits per heavy atom. The number of ether oxygens (including phenoxy) is 3. The first-order valence-electron chi connectivity index (χ1n) is 12.5. The van der Waals surface area contributed by atoms with Crippen molar-refractivity contribution in [1.82, 2.24) is 29.8 Å². The molecule has 1 aliphatic carbocycles. The highest BCUT2D eigenvalue weighted by atomic mass is 16.5. The molecule has 0 aromatic carbocycles. The predicted molar refractivity (Wildman–Crippen MR) is 134 cm³/mol. The zero-order valence-corrected chi connectivity index (χ0v) is 20.6. The smallest absolute Gasteiger partial charge is 0.253 e. The quantitative estimate of drug-likeness (QED) is 0.480. The van der Waals surface area contributed by atoms with Gasteiger partial charge in [-0.25, -0.2) is 14.5 Å². The molecule has 192 valence electrons. The number of amides is 1. The second-order valence-corrected chi connectivity index (χ2v) is 9.21. The number of aromatic nitrogens is 4. The van der Waals surface area contributed by atoms with E-state index in [2.05, 4.69) is 25.3 Å². The van der Waals surface area contributed by atoms with Crippen molar-refractivity contribution in [3.05, 3.63) is 36.3 Å². The minimum absolute atomic E-state index is 0.0851. The zero-order valence-electron chi connectivity index (χ0n) is 20.6. The highest BCUT2D eigenvalue weighted by Gasteiger charge is 2.26. The molecule has 36 heavy (non-hydrogen) atoms. The van der Waals surface area contributed by atoms with Crippen LogP contribution in [-0.4, -0.2) is 89.1 Å². The van der Waals surface area contributed by atoms with Crippen LogP contribution in [0.2, 0.25) is 0 Å². The summed E-state index contributed by atoms with van der Waals surface area (Å²) in [5, 5.41) is 7.55. The summed E-state index contributed by atoms with van der Waals surface area (Å²) in [6.07, 6.45) is 6.88. The van der Waals surface area contributed by atoms with E-state index >= 15 is 0 Å². The third-order valence-corrected chi connectivity index (χ3v) is 6.94. The Morgan fingerprint density at radius 1 is 1.19 bits per heavy atom. The number of anilines is 1. The summed E-state index contributed by atoms with van der Waals surface area (Å²) in [4.78, 5) is 24.0. The van der Waals surface area contributed by atoms with Crippen LogP contribution in [0.1, 0.15) is 36.0 Å². The second kappa shape index (κ2) is 11.2. The predicted octanol–water partition coefficient (Wildman–Crippen LogP) is 1.77. The van der Waals surface area contributed by atoms with Gasteiger partial charge in [0.1, 0.15) is 11.8 Å². The van der Waals surface area contributed by atoms with Crippen LogP contribution in [0.5, 0.6) is 5.88 Å². The average molecular weight is 496 g/mol. The maximum atomic E-state index is 13.4. The molecule has 0 unspecified atom stereocenters. The van der Waals surface area contributed by atoms with Gasteiger partial charge in [0.2, 0.25) is 5.88 Å². The normalized spacial score (nSPS) is 20.9. The monoisotopic (exact) mass is 495 g/mol. The topological polar surface area (TPSA) is 129 Å². The van der Waals surface area contributed by atoms with Crippen LogP contribution in [-0.2, 0) is 9.47 Å². The Balaban J connectivity index is 1.22. The molecule has 1 saturated carbocycles. The van der Waals surface area contributed by atoms with E-state index in [1.54, 1.807) is 30.0 Å². The third kappa shape index (κ3) is 5.43. The first-order valence-corrected chi connectivity index (χ1v) is 12.5. The van der Waals surface area contributed by atoms with E-state index in [1.807, 2.05) is 6.07 Å². The van der Waals surface area contributed by atoms with Crippen molar-refractivity contribution in [2.24, 2.45) is 0 Å². The lowest BCUT2D eigenvalue weighted by atomic mass is 9.92. The van der Waals surface area contributed by atoms with Gasteiger partial charge in [-0.3, -0.25) is 9.69 Å². The van der Waals surface area contributed by atoms with Gasteiger partial charge in [-0.05, 0) is 37.8 Å². The molecule has 3 aromatic rings. The van der Waals surface area contributed by atoms with Crippen molar-refractivity contribution in [3.63, 3.8) is 0 Å². The number of pyridine rings is 1. The minimum Gasteiger partial charge on any atom is -0.481 e. The summed E-state index contributed by atoms with van der Waals surface area (Å²) in [7, 11) is 1.56. The van der Waals surface area contributed by atoms with Crippen molar-refractivity contribution in [2.75, 3.05) is 52.3 Å². The number of hydrogen-bond donors (Lipinski definition) is 2. The second-order valence-electron chi connectivity index (χ2n) is 9.21. The molecule has 1 amide bonds. The minimum atomic E-state index is -0.182. The summed E-state index contributed by atoms with van der Waals surface area (Å²) in [5.41, 5.74) is 8.63. The van der Waals surface area contributed by atoms with Gasteiger partial charge in [0.15, 0.2) is 5.82 Å². The van der Waals surface area contributed by atoms with Gasteiger partial charge in [-0.1, -0.05) is 0 Å². The van der Waals surface area contributed by atoms with Gasteiger partial charge in [0.05, 0.1) is 44.3 Å². The highest BCUT2D eigenvalue weighted by molar-refractivity contribution is 6.05. The molecule has 0 atom stereocenters. The number of nitrogen functional groups attached to an aromatic ring is 1. The number of morpholine rings is 1. The third-order valence-electron chi connectivity index (χ3n) is 6.94. The van der Waals surface area contributed by atoms with Crippen LogP contribution in [0.15, 0.2) is 30.7 Å². The van der Waals surface area contributed by atoms with Crippen molar-refractivity contribution >= 4 is 17.2 Å². The van der Waals surface area contributed by atoms with Crippen molar-refractivity contribution < 1.29 is 19.0 Å². The van der Waals surface area contributed by atoms with Gasteiger partial charge in [0, 0.05) is 43.5 Å². The van der Waals surface area contributed by atoms with Crippen LogP contribution >= 0.6 is 0 Å². The Hall–Kier alpha value is -3.28.